The molecule has 0 aliphatic carbocycles. The summed E-state index contributed by atoms with van der Waals surface area (Å²) in [5.41, 5.74) is 4.29. The summed E-state index contributed by atoms with van der Waals surface area (Å²) in [6.07, 6.45) is 4.02. The molecule has 2 aromatic rings. The van der Waals surface area contributed by atoms with Gasteiger partial charge in [-0.1, -0.05) is 24.3 Å². The number of rotatable bonds is 6. The molecule has 0 atom stereocenters. The lowest BCUT2D eigenvalue weighted by molar-refractivity contribution is -0.120. The van der Waals surface area contributed by atoms with E-state index in [9.17, 15) is 4.79 Å². The van der Waals surface area contributed by atoms with E-state index in [2.05, 4.69) is 15.3 Å². The number of carbonyl (C=O) groups excluding carboxylic acids is 1. The van der Waals surface area contributed by atoms with Crippen LogP contribution in [0.1, 0.15) is 17.0 Å². The maximum Gasteiger partial charge on any atom is 0.238 e. The van der Waals surface area contributed by atoms with Crippen LogP contribution in [0.2, 0.25) is 0 Å². The number of benzene rings is 1. The minimum atomic E-state index is -0.186. The van der Waals surface area contributed by atoms with Crippen molar-refractivity contribution in [2.24, 2.45) is 12.9 Å². The second-order valence-electron chi connectivity index (χ2n) is 5.14. The van der Waals surface area contributed by atoms with Crippen molar-refractivity contribution in [3.63, 3.8) is 0 Å². The lowest BCUT2D eigenvalue weighted by atomic mass is 10.0. The number of hydrazine groups is 1. The van der Waals surface area contributed by atoms with E-state index in [0.29, 0.717) is 6.42 Å². The first-order valence-corrected chi connectivity index (χ1v) is 6.81. The minimum absolute atomic E-state index is 0.186. The molecule has 0 aliphatic rings. The highest BCUT2D eigenvalue weighted by Gasteiger charge is 2.10. The van der Waals surface area contributed by atoms with Gasteiger partial charge < -0.3 is 4.57 Å². The van der Waals surface area contributed by atoms with Gasteiger partial charge in [0.25, 0.3) is 0 Å². The Kier molecular flexibility index (Phi) is 5.08. The van der Waals surface area contributed by atoms with Gasteiger partial charge in [-0.05, 0) is 18.2 Å². The summed E-state index contributed by atoms with van der Waals surface area (Å²) in [7, 11) is 4.02. The van der Waals surface area contributed by atoms with Crippen LogP contribution < -0.4 is 11.3 Å². The molecule has 0 saturated carbocycles. The van der Waals surface area contributed by atoms with Crippen molar-refractivity contribution in [2.45, 2.75) is 19.5 Å². The second-order valence-corrected chi connectivity index (χ2v) is 5.14. The van der Waals surface area contributed by atoms with E-state index in [0.717, 1.165) is 30.0 Å². The van der Waals surface area contributed by atoms with Crippen LogP contribution in [0.25, 0.3) is 0 Å². The second kappa shape index (κ2) is 7.01. The summed E-state index contributed by atoms with van der Waals surface area (Å²) >= 11 is 0. The molecule has 1 heterocycles. The molecule has 21 heavy (non-hydrogen) atoms. The van der Waals surface area contributed by atoms with Gasteiger partial charge in [0.05, 0.1) is 13.0 Å². The molecule has 0 saturated heterocycles. The fourth-order valence-electron chi connectivity index (χ4n) is 2.25. The average Bonchev–Trinajstić information content (AvgIpc) is 2.86. The first-order valence-electron chi connectivity index (χ1n) is 6.81. The molecule has 1 aromatic heterocycles. The summed E-state index contributed by atoms with van der Waals surface area (Å²) < 4.78 is 2.00. The highest BCUT2D eigenvalue weighted by atomic mass is 16.2. The van der Waals surface area contributed by atoms with Gasteiger partial charge in [0.15, 0.2) is 0 Å². The summed E-state index contributed by atoms with van der Waals surface area (Å²) in [6.45, 7) is 1.50. The van der Waals surface area contributed by atoms with E-state index in [1.165, 1.54) is 0 Å². The van der Waals surface area contributed by atoms with Crippen LogP contribution in [0.15, 0.2) is 36.7 Å². The van der Waals surface area contributed by atoms with Crippen LogP contribution in [0.4, 0.5) is 0 Å². The third kappa shape index (κ3) is 4.14. The van der Waals surface area contributed by atoms with Gasteiger partial charge in [0.1, 0.15) is 5.82 Å². The van der Waals surface area contributed by atoms with E-state index in [1.54, 1.807) is 6.20 Å². The molecule has 1 amide bonds. The van der Waals surface area contributed by atoms with Crippen molar-refractivity contribution in [3.05, 3.63) is 53.6 Å². The molecule has 0 unspecified atom stereocenters. The standard InChI is InChI=1S/C15H21N5O/c1-19(11-14-17-7-8-20(14)2)10-13-6-4-3-5-12(13)9-15(21)18-16/h3-8H,9-11,16H2,1-2H3,(H,18,21). The number of hydrogen-bond donors (Lipinski definition) is 2. The Bertz CT molecular complexity index is 608. The molecule has 1 aromatic carbocycles. The van der Waals surface area contributed by atoms with E-state index >= 15 is 0 Å². The van der Waals surface area contributed by atoms with Crippen molar-refractivity contribution in [1.29, 1.82) is 0 Å². The molecule has 3 N–H and O–H groups in total. The smallest absolute Gasteiger partial charge is 0.238 e. The molecular formula is C15H21N5O. The van der Waals surface area contributed by atoms with Crippen LogP contribution in [-0.4, -0.2) is 27.4 Å². The highest BCUT2D eigenvalue weighted by Crippen LogP contribution is 2.13. The predicted octanol–water partition coefficient (Wildman–Crippen LogP) is 0.584. The molecule has 0 fully saturated rings. The first kappa shape index (κ1) is 15.2. The quantitative estimate of drug-likeness (QED) is 0.463. The van der Waals surface area contributed by atoms with Crippen molar-refractivity contribution in [2.75, 3.05) is 7.05 Å². The SMILES string of the molecule is CN(Cc1ccccc1CC(=O)NN)Cc1nccn1C. The Hall–Kier alpha value is -2.18. The van der Waals surface area contributed by atoms with Gasteiger partial charge in [-0.2, -0.15) is 0 Å². The third-order valence-corrected chi connectivity index (χ3v) is 3.40. The predicted molar refractivity (Wildman–Crippen MR) is 80.9 cm³/mol. The van der Waals surface area contributed by atoms with Crippen LogP contribution in [0.5, 0.6) is 0 Å². The number of aromatic nitrogens is 2. The van der Waals surface area contributed by atoms with Gasteiger partial charge in [-0.25, -0.2) is 10.8 Å². The van der Waals surface area contributed by atoms with Crippen LogP contribution >= 0.6 is 0 Å². The Morgan fingerprint density at radius 1 is 1.33 bits per heavy atom. The van der Waals surface area contributed by atoms with Crippen LogP contribution in [0, 0.1) is 0 Å². The zero-order valence-corrected chi connectivity index (χ0v) is 12.4. The summed E-state index contributed by atoms with van der Waals surface area (Å²) in [5, 5.41) is 0. The Labute approximate surface area is 124 Å². The molecule has 2 rings (SSSR count). The highest BCUT2D eigenvalue weighted by molar-refractivity contribution is 5.78. The Morgan fingerprint density at radius 3 is 2.67 bits per heavy atom. The molecule has 112 valence electrons. The van der Waals surface area contributed by atoms with Gasteiger partial charge in [-0.15, -0.1) is 0 Å². The normalized spacial score (nSPS) is 10.9. The van der Waals surface area contributed by atoms with E-state index in [1.807, 2.05) is 49.1 Å². The summed E-state index contributed by atoms with van der Waals surface area (Å²) in [5.74, 6) is 5.98. The van der Waals surface area contributed by atoms with E-state index < -0.39 is 0 Å². The number of aryl methyl sites for hydroxylation is 1. The minimum Gasteiger partial charge on any atom is -0.337 e. The number of carbonyl (C=O) groups is 1. The van der Waals surface area contributed by atoms with E-state index in [-0.39, 0.29) is 5.91 Å². The molecule has 0 aliphatic heterocycles. The topological polar surface area (TPSA) is 76.2 Å². The van der Waals surface area contributed by atoms with E-state index in [4.69, 9.17) is 5.84 Å². The fraction of sp³-hybridized carbons (Fsp3) is 0.333. The number of nitrogens with zero attached hydrogens (tertiary/aromatic N) is 3. The number of amides is 1. The number of nitrogens with one attached hydrogen (secondary N) is 1. The molecular weight excluding hydrogens is 266 g/mol. The average molecular weight is 287 g/mol. The monoisotopic (exact) mass is 287 g/mol. The fourth-order valence-corrected chi connectivity index (χ4v) is 2.25. The maximum absolute atomic E-state index is 11.5. The van der Waals surface area contributed by atoms with Gasteiger partial charge >= 0.3 is 0 Å². The lowest BCUT2D eigenvalue weighted by Gasteiger charge is -2.18. The van der Waals surface area contributed by atoms with Crippen molar-refractivity contribution in [1.82, 2.24) is 19.9 Å². The Morgan fingerprint density at radius 2 is 2.05 bits per heavy atom. The van der Waals surface area contributed by atoms with Crippen molar-refractivity contribution in [3.8, 4) is 0 Å². The maximum atomic E-state index is 11.5. The third-order valence-electron chi connectivity index (χ3n) is 3.40. The summed E-state index contributed by atoms with van der Waals surface area (Å²) in [6, 6.07) is 7.91. The van der Waals surface area contributed by atoms with Crippen LogP contribution in [0.3, 0.4) is 0 Å². The summed E-state index contributed by atoms with van der Waals surface area (Å²) in [4.78, 5) is 17.9. The zero-order valence-electron chi connectivity index (χ0n) is 12.4. The molecule has 0 radical (unpaired) electrons. The zero-order chi connectivity index (χ0) is 15.2. The number of imidazole rings is 1. The number of hydrogen-bond acceptors (Lipinski definition) is 4. The lowest BCUT2D eigenvalue weighted by Crippen LogP contribution is -2.31. The Balaban J connectivity index is 2.05. The van der Waals surface area contributed by atoms with Gasteiger partial charge in [0, 0.05) is 26.0 Å². The number of nitrogens with two attached hydrogens (primary N) is 1. The molecule has 6 heteroatoms. The van der Waals surface area contributed by atoms with Crippen LogP contribution in [-0.2, 0) is 31.4 Å². The molecule has 6 nitrogen and oxygen atoms in total. The largest absolute Gasteiger partial charge is 0.337 e. The van der Waals surface area contributed by atoms with Crippen molar-refractivity contribution < 1.29 is 4.79 Å². The molecule has 0 spiro atoms. The van der Waals surface area contributed by atoms with Crippen molar-refractivity contribution >= 4 is 5.91 Å². The van der Waals surface area contributed by atoms with Gasteiger partial charge in [0.2, 0.25) is 5.91 Å². The first-order chi connectivity index (χ1) is 10.1. The molecule has 0 bridgehead atoms. The van der Waals surface area contributed by atoms with Gasteiger partial charge in [-0.3, -0.25) is 15.1 Å².